The normalized spacial score (nSPS) is 16.7. The molecule has 13 heavy (non-hydrogen) atoms. The molecule has 1 aliphatic rings. The van der Waals surface area contributed by atoms with E-state index >= 15 is 0 Å². The Morgan fingerprint density at radius 2 is 2.31 bits per heavy atom. The minimum Gasteiger partial charge on any atom is -0.467 e. The van der Waals surface area contributed by atoms with Gasteiger partial charge in [0.2, 0.25) is 0 Å². The van der Waals surface area contributed by atoms with E-state index in [1.165, 1.54) is 13.5 Å². The smallest absolute Gasteiger partial charge is 0.317 e. The zero-order chi connectivity index (χ0) is 9.26. The molecule has 0 atom stereocenters. The van der Waals surface area contributed by atoms with E-state index in [1.54, 1.807) is 4.57 Å². The van der Waals surface area contributed by atoms with Crippen molar-refractivity contribution in [1.29, 1.82) is 0 Å². The predicted octanol–water partition coefficient (Wildman–Crippen LogP) is 0.824. The van der Waals surface area contributed by atoms with Gasteiger partial charge in [0.25, 0.3) is 0 Å². The number of aldehydes is 1. The van der Waals surface area contributed by atoms with Crippen LogP contribution in [0.2, 0.25) is 0 Å². The van der Waals surface area contributed by atoms with Crippen LogP contribution < -0.4 is 4.74 Å². The first-order valence-electron chi connectivity index (χ1n) is 4.31. The number of ether oxygens (including phenoxy) is 1. The number of carbonyl (C=O) groups excluding carboxylic acids is 1. The molecule has 5 nitrogen and oxygen atoms in total. The first kappa shape index (κ1) is 8.22. The highest BCUT2D eigenvalue weighted by Gasteiger charge is 2.25. The number of aromatic nitrogens is 3. The van der Waals surface area contributed by atoms with Crippen LogP contribution >= 0.6 is 0 Å². The molecule has 0 aliphatic heterocycles. The molecule has 0 radical (unpaired) electrons. The molecule has 1 saturated carbocycles. The Morgan fingerprint density at radius 1 is 1.54 bits per heavy atom. The Balaban J connectivity index is 2.36. The minimum atomic E-state index is 0.352. The Labute approximate surface area is 75.7 Å². The van der Waals surface area contributed by atoms with E-state index < -0.39 is 0 Å². The van der Waals surface area contributed by atoms with E-state index in [9.17, 15) is 4.79 Å². The molecule has 70 valence electrons. The lowest BCUT2D eigenvalue weighted by Crippen LogP contribution is -2.19. The summed E-state index contributed by atoms with van der Waals surface area (Å²) in [5.74, 6) is 0.363. The van der Waals surface area contributed by atoms with Crippen LogP contribution in [-0.4, -0.2) is 28.2 Å². The Hall–Kier alpha value is -1.39. The van der Waals surface area contributed by atoms with Gasteiger partial charge in [-0.3, -0.25) is 9.36 Å². The van der Waals surface area contributed by atoms with Gasteiger partial charge >= 0.3 is 6.01 Å². The summed E-state index contributed by atoms with van der Waals surface area (Å²) in [6.45, 7) is 0. The molecular formula is C8H11N3O2. The summed E-state index contributed by atoms with van der Waals surface area (Å²) in [6.07, 6.45) is 4.07. The van der Waals surface area contributed by atoms with Crippen LogP contribution in [0, 0.1) is 0 Å². The van der Waals surface area contributed by atoms with Crippen molar-refractivity contribution >= 4 is 6.29 Å². The number of methoxy groups -OCH3 is 1. The van der Waals surface area contributed by atoms with Crippen LogP contribution in [0.15, 0.2) is 0 Å². The number of rotatable bonds is 3. The van der Waals surface area contributed by atoms with Crippen LogP contribution in [0.5, 0.6) is 6.01 Å². The van der Waals surface area contributed by atoms with E-state index in [0.29, 0.717) is 24.2 Å². The van der Waals surface area contributed by atoms with Crippen LogP contribution in [0.25, 0.3) is 0 Å². The molecule has 1 aliphatic carbocycles. The van der Waals surface area contributed by atoms with Gasteiger partial charge in [0.15, 0.2) is 12.1 Å². The van der Waals surface area contributed by atoms with Crippen LogP contribution in [0.4, 0.5) is 0 Å². The fraction of sp³-hybridized carbons (Fsp3) is 0.625. The molecule has 0 bridgehead atoms. The van der Waals surface area contributed by atoms with Crippen molar-refractivity contribution in [2.75, 3.05) is 7.11 Å². The zero-order valence-electron chi connectivity index (χ0n) is 7.43. The second-order valence-corrected chi connectivity index (χ2v) is 3.12. The number of nitrogens with zero attached hydrogens (tertiary/aromatic N) is 3. The van der Waals surface area contributed by atoms with Crippen molar-refractivity contribution in [2.45, 2.75) is 25.3 Å². The average molecular weight is 181 g/mol. The maximum Gasteiger partial charge on any atom is 0.317 e. The lowest BCUT2D eigenvalue weighted by atomic mass is 9.93. The standard InChI is InChI=1S/C8H11N3O2/c1-13-8-10-9-7(5-12)11(8)6-3-2-4-6/h5-6H,2-4H2,1H3. The lowest BCUT2D eigenvalue weighted by Gasteiger charge is -2.27. The van der Waals surface area contributed by atoms with Crippen LogP contribution in [0.1, 0.15) is 35.9 Å². The molecule has 5 heteroatoms. The van der Waals surface area contributed by atoms with E-state index in [2.05, 4.69) is 10.2 Å². The van der Waals surface area contributed by atoms with Gasteiger partial charge in [-0.2, -0.15) is 0 Å². The minimum absolute atomic E-state index is 0.352. The first-order valence-corrected chi connectivity index (χ1v) is 4.31. The molecular weight excluding hydrogens is 170 g/mol. The van der Waals surface area contributed by atoms with E-state index in [0.717, 1.165) is 12.8 Å². The molecule has 0 spiro atoms. The summed E-state index contributed by atoms with van der Waals surface area (Å²) in [6, 6.07) is 0.789. The molecule has 1 aromatic heterocycles. The molecule has 0 aromatic carbocycles. The average Bonchev–Trinajstić information content (AvgIpc) is 2.45. The largest absolute Gasteiger partial charge is 0.467 e. The highest BCUT2D eigenvalue weighted by molar-refractivity contribution is 5.69. The molecule has 1 fully saturated rings. The van der Waals surface area contributed by atoms with Gasteiger partial charge < -0.3 is 4.74 Å². The monoisotopic (exact) mass is 181 g/mol. The van der Waals surface area contributed by atoms with Crippen molar-refractivity contribution in [3.8, 4) is 6.01 Å². The fourth-order valence-electron chi connectivity index (χ4n) is 1.50. The van der Waals surface area contributed by atoms with Crippen molar-refractivity contribution in [1.82, 2.24) is 14.8 Å². The number of hydrogen-bond donors (Lipinski definition) is 0. The highest BCUT2D eigenvalue weighted by Crippen LogP contribution is 2.34. The van der Waals surface area contributed by atoms with Crippen molar-refractivity contribution in [3.05, 3.63) is 5.82 Å². The van der Waals surface area contributed by atoms with Crippen molar-refractivity contribution in [2.24, 2.45) is 0 Å². The molecule has 1 aromatic rings. The Morgan fingerprint density at radius 3 is 2.77 bits per heavy atom. The molecule has 0 unspecified atom stereocenters. The van der Waals surface area contributed by atoms with Crippen LogP contribution in [0.3, 0.4) is 0 Å². The summed E-state index contributed by atoms with van der Waals surface area (Å²) in [4.78, 5) is 10.6. The van der Waals surface area contributed by atoms with Gasteiger partial charge in [-0.15, -0.1) is 5.10 Å². The number of carbonyl (C=O) groups is 1. The lowest BCUT2D eigenvalue weighted by molar-refractivity contribution is 0.110. The van der Waals surface area contributed by atoms with Gasteiger partial charge in [0, 0.05) is 6.04 Å². The molecule has 0 N–H and O–H groups in total. The molecule has 0 saturated heterocycles. The summed E-state index contributed by atoms with van der Waals surface area (Å²) in [5, 5.41) is 7.50. The summed E-state index contributed by atoms with van der Waals surface area (Å²) in [7, 11) is 1.54. The second kappa shape index (κ2) is 3.16. The fourth-order valence-corrected chi connectivity index (χ4v) is 1.50. The van der Waals surface area contributed by atoms with Crippen molar-refractivity contribution in [3.63, 3.8) is 0 Å². The van der Waals surface area contributed by atoms with Gasteiger partial charge in [-0.05, 0) is 19.3 Å². The van der Waals surface area contributed by atoms with Crippen molar-refractivity contribution < 1.29 is 9.53 Å². The van der Waals surface area contributed by atoms with E-state index in [4.69, 9.17) is 4.74 Å². The molecule has 0 amide bonds. The first-order chi connectivity index (χ1) is 6.36. The Bertz CT molecular complexity index is 317. The van der Waals surface area contributed by atoms with E-state index in [1.807, 2.05) is 0 Å². The van der Waals surface area contributed by atoms with Gasteiger partial charge in [-0.1, -0.05) is 5.10 Å². The third-order valence-electron chi connectivity index (χ3n) is 2.42. The van der Waals surface area contributed by atoms with E-state index in [-0.39, 0.29) is 0 Å². The summed E-state index contributed by atoms with van der Waals surface area (Å²) >= 11 is 0. The Kier molecular flexibility index (Phi) is 2.00. The number of hydrogen-bond acceptors (Lipinski definition) is 4. The topological polar surface area (TPSA) is 57.0 Å². The quantitative estimate of drug-likeness (QED) is 0.648. The predicted molar refractivity (Wildman–Crippen MR) is 44.8 cm³/mol. The molecule has 2 rings (SSSR count). The molecule has 1 heterocycles. The van der Waals surface area contributed by atoms with Gasteiger partial charge in [-0.25, -0.2) is 0 Å². The maximum absolute atomic E-state index is 10.6. The SMILES string of the molecule is COc1nnc(C=O)n1C1CCC1. The van der Waals surface area contributed by atoms with Gasteiger partial charge in [0.1, 0.15) is 0 Å². The van der Waals surface area contributed by atoms with Crippen LogP contribution in [-0.2, 0) is 0 Å². The third-order valence-corrected chi connectivity index (χ3v) is 2.42. The second-order valence-electron chi connectivity index (χ2n) is 3.12. The zero-order valence-corrected chi connectivity index (χ0v) is 7.43. The highest BCUT2D eigenvalue weighted by atomic mass is 16.5. The maximum atomic E-state index is 10.6. The third kappa shape index (κ3) is 1.20. The van der Waals surface area contributed by atoms with Gasteiger partial charge in [0.05, 0.1) is 7.11 Å². The summed E-state index contributed by atoms with van der Waals surface area (Å²) in [5.41, 5.74) is 0. The summed E-state index contributed by atoms with van der Waals surface area (Å²) < 4.78 is 6.79.